The van der Waals surface area contributed by atoms with Gasteiger partial charge in [-0.25, -0.2) is 0 Å². The molecular weight excluding hydrogens is 250 g/mol. The molecule has 0 aromatic heterocycles. The molecule has 0 radical (unpaired) electrons. The fourth-order valence-corrected chi connectivity index (χ4v) is 1.72. The smallest absolute Gasteiger partial charge is 0.304 e. The van der Waals surface area contributed by atoms with E-state index in [1.165, 1.54) is 0 Å². The van der Waals surface area contributed by atoms with Crippen LogP contribution >= 0.6 is 0 Å². The first kappa shape index (κ1) is 18.3. The number of rotatable bonds is 13. The molecule has 0 aromatic carbocycles. The van der Waals surface area contributed by atoms with E-state index in [2.05, 4.69) is 4.90 Å². The first-order valence-corrected chi connectivity index (χ1v) is 6.72. The van der Waals surface area contributed by atoms with Gasteiger partial charge in [0.1, 0.15) is 0 Å². The summed E-state index contributed by atoms with van der Waals surface area (Å²) in [5.74, 6) is -0.765. The Hall–Kier alpha value is -0.690. The largest absolute Gasteiger partial charge is 0.481 e. The van der Waals surface area contributed by atoms with Crippen LogP contribution in [0.2, 0.25) is 0 Å². The Morgan fingerprint density at radius 2 is 1.74 bits per heavy atom. The molecule has 6 nitrogen and oxygen atoms in total. The predicted octanol–water partition coefficient (Wildman–Crippen LogP) is 0.851. The van der Waals surface area contributed by atoms with Crippen LogP contribution in [0.4, 0.5) is 0 Å². The normalized spacial score (nSPS) is 12.8. The topological polar surface area (TPSA) is 68.2 Å². The van der Waals surface area contributed by atoms with Gasteiger partial charge in [0.25, 0.3) is 0 Å². The third-order valence-electron chi connectivity index (χ3n) is 2.83. The van der Waals surface area contributed by atoms with Crippen LogP contribution in [0.15, 0.2) is 0 Å². The van der Waals surface area contributed by atoms with Gasteiger partial charge in [0.05, 0.1) is 39.5 Å². The van der Waals surface area contributed by atoms with Crippen molar-refractivity contribution in [3.05, 3.63) is 0 Å². The van der Waals surface area contributed by atoms with Gasteiger partial charge in [0.2, 0.25) is 0 Å². The molecule has 6 heteroatoms. The SMILES string of the molecule is CCN(CCOCCOCCOC)C(C)CC(=O)O. The van der Waals surface area contributed by atoms with E-state index in [-0.39, 0.29) is 12.5 Å². The van der Waals surface area contributed by atoms with Crippen LogP contribution in [0.1, 0.15) is 20.3 Å². The van der Waals surface area contributed by atoms with Crippen molar-refractivity contribution in [2.75, 3.05) is 53.2 Å². The highest BCUT2D eigenvalue weighted by Gasteiger charge is 2.14. The maximum atomic E-state index is 10.6. The van der Waals surface area contributed by atoms with Gasteiger partial charge in [0, 0.05) is 19.7 Å². The van der Waals surface area contributed by atoms with Crippen molar-refractivity contribution in [3.8, 4) is 0 Å². The average molecular weight is 277 g/mol. The number of methoxy groups -OCH3 is 1. The number of carbonyl (C=O) groups is 1. The fraction of sp³-hybridized carbons (Fsp3) is 0.923. The van der Waals surface area contributed by atoms with E-state index in [1.807, 2.05) is 13.8 Å². The third kappa shape index (κ3) is 10.9. The number of ether oxygens (including phenoxy) is 3. The summed E-state index contributed by atoms with van der Waals surface area (Å²) in [5.41, 5.74) is 0. The number of nitrogens with zero attached hydrogens (tertiary/aromatic N) is 1. The van der Waals surface area contributed by atoms with Crippen LogP contribution in [0.25, 0.3) is 0 Å². The van der Waals surface area contributed by atoms with Crippen molar-refractivity contribution < 1.29 is 24.1 Å². The van der Waals surface area contributed by atoms with E-state index in [9.17, 15) is 4.79 Å². The second-order valence-electron chi connectivity index (χ2n) is 4.29. The summed E-state index contributed by atoms with van der Waals surface area (Å²) in [6.07, 6.45) is 0.161. The molecule has 0 saturated heterocycles. The molecule has 0 rings (SSSR count). The Bertz CT molecular complexity index is 225. The summed E-state index contributed by atoms with van der Waals surface area (Å²) in [5, 5.41) is 8.76. The van der Waals surface area contributed by atoms with E-state index < -0.39 is 5.97 Å². The molecule has 0 amide bonds. The Morgan fingerprint density at radius 1 is 1.16 bits per heavy atom. The molecule has 1 unspecified atom stereocenters. The summed E-state index contributed by atoms with van der Waals surface area (Å²) in [6.45, 7) is 8.37. The van der Waals surface area contributed by atoms with Crippen LogP contribution in [-0.4, -0.2) is 75.3 Å². The Kier molecular flexibility index (Phi) is 11.9. The maximum Gasteiger partial charge on any atom is 0.304 e. The second-order valence-corrected chi connectivity index (χ2v) is 4.29. The zero-order valence-electron chi connectivity index (χ0n) is 12.3. The predicted molar refractivity (Wildman–Crippen MR) is 72.5 cm³/mol. The van der Waals surface area contributed by atoms with Crippen molar-refractivity contribution >= 4 is 5.97 Å². The highest BCUT2D eigenvalue weighted by Crippen LogP contribution is 2.03. The average Bonchev–Trinajstić information content (AvgIpc) is 2.36. The summed E-state index contributed by atoms with van der Waals surface area (Å²) in [7, 11) is 1.64. The van der Waals surface area contributed by atoms with Gasteiger partial charge in [-0.3, -0.25) is 9.69 Å². The Balaban J connectivity index is 3.53. The van der Waals surface area contributed by atoms with Crippen LogP contribution in [0, 0.1) is 0 Å². The minimum absolute atomic E-state index is 0.0315. The van der Waals surface area contributed by atoms with Crippen LogP contribution in [-0.2, 0) is 19.0 Å². The third-order valence-corrected chi connectivity index (χ3v) is 2.83. The van der Waals surface area contributed by atoms with Crippen molar-refractivity contribution in [1.82, 2.24) is 4.90 Å². The van der Waals surface area contributed by atoms with E-state index in [0.29, 0.717) is 33.0 Å². The minimum Gasteiger partial charge on any atom is -0.481 e. The standard InChI is InChI=1S/C13H27NO5/c1-4-14(12(2)11-13(15)16)5-6-18-9-10-19-8-7-17-3/h12H,4-11H2,1-3H3,(H,15,16). The number of hydrogen-bond donors (Lipinski definition) is 1. The van der Waals surface area contributed by atoms with Gasteiger partial charge >= 0.3 is 5.97 Å². The second kappa shape index (κ2) is 12.3. The molecule has 1 atom stereocenters. The minimum atomic E-state index is -0.765. The van der Waals surface area contributed by atoms with Crippen molar-refractivity contribution in [3.63, 3.8) is 0 Å². The van der Waals surface area contributed by atoms with E-state index >= 15 is 0 Å². The highest BCUT2D eigenvalue weighted by molar-refractivity contribution is 5.67. The Morgan fingerprint density at radius 3 is 2.26 bits per heavy atom. The van der Waals surface area contributed by atoms with E-state index in [1.54, 1.807) is 7.11 Å². The zero-order valence-corrected chi connectivity index (χ0v) is 12.3. The summed E-state index contributed by atoms with van der Waals surface area (Å²) >= 11 is 0. The first-order valence-electron chi connectivity index (χ1n) is 6.72. The number of carboxylic acid groups (broad SMARTS) is 1. The highest BCUT2D eigenvalue weighted by atomic mass is 16.5. The van der Waals surface area contributed by atoms with Gasteiger partial charge in [-0.2, -0.15) is 0 Å². The molecule has 0 aliphatic rings. The Labute approximate surface area is 115 Å². The molecule has 0 aliphatic heterocycles. The molecule has 0 spiro atoms. The van der Waals surface area contributed by atoms with E-state index in [4.69, 9.17) is 19.3 Å². The molecule has 19 heavy (non-hydrogen) atoms. The fourth-order valence-electron chi connectivity index (χ4n) is 1.72. The lowest BCUT2D eigenvalue weighted by Gasteiger charge is -2.26. The molecule has 114 valence electrons. The van der Waals surface area contributed by atoms with Gasteiger partial charge in [-0.15, -0.1) is 0 Å². The summed E-state index contributed by atoms with van der Waals surface area (Å²) in [4.78, 5) is 12.7. The monoisotopic (exact) mass is 277 g/mol. The van der Waals surface area contributed by atoms with Crippen LogP contribution in [0.5, 0.6) is 0 Å². The number of likely N-dealkylation sites (N-methyl/N-ethyl adjacent to an activating group) is 1. The van der Waals surface area contributed by atoms with Gasteiger partial charge in [0.15, 0.2) is 0 Å². The van der Waals surface area contributed by atoms with Crippen molar-refractivity contribution in [2.24, 2.45) is 0 Å². The molecule has 0 fully saturated rings. The molecule has 0 saturated carbocycles. The molecule has 0 aliphatic carbocycles. The van der Waals surface area contributed by atoms with Gasteiger partial charge in [-0.1, -0.05) is 6.92 Å². The molecular formula is C13H27NO5. The summed E-state index contributed by atoms with van der Waals surface area (Å²) < 4.78 is 15.6. The molecule has 0 heterocycles. The lowest BCUT2D eigenvalue weighted by molar-refractivity contribution is -0.138. The van der Waals surface area contributed by atoms with Gasteiger partial charge in [-0.05, 0) is 13.5 Å². The number of aliphatic carboxylic acids is 1. The van der Waals surface area contributed by atoms with Crippen LogP contribution in [0.3, 0.4) is 0 Å². The molecule has 1 N–H and O–H groups in total. The van der Waals surface area contributed by atoms with Crippen LogP contribution < -0.4 is 0 Å². The van der Waals surface area contributed by atoms with E-state index in [0.717, 1.165) is 13.1 Å². The molecule has 0 bridgehead atoms. The first-order chi connectivity index (χ1) is 9.11. The lowest BCUT2D eigenvalue weighted by atomic mass is 10.2. The van der Waals surface area contributed by atoms with Crippen molar-refractivity contribution in [2.45, 2.75) is 26.3 Å². The summed E-state index contributed by atoms with van der Waals surface area (Å²) in [6, 6.07) is 0.0315. The van der Waals surface area contributed by atoms with Gasteiger partial charge < -0.3 is 19.3 Å². The zero-order chi connectivity index (χ0) is 14.5. The lowest BCUT2D eigenvalue weighted by Crippen LogP contribution is -2.37. The number of hydrogen-bond acceptors (Lipinski definition) is 5. The maximum absolute atomic E-state index is 10.6. The molecule has 0 aromatic rings. The quantitative estimate of drug-likeness (QED) is 0.503. The van der Waals surface area contributed by atoms with Crippen molar-refractivity contribution in [1.29, 1.82) is 0 Å². The number of carboxylic acids is 1.